The van der Waals surface area contributed by atoms with Crippen molar-refractivity contribution in [1.82, 2.24) is 14.5 Å². The lowest BCUT2D eigenvalue weighted by molar-refractivity contribution is -0.122. The van der Waals surface area contributed by atoms with Crippen LogP contribution >= 0.6 is 34.5 Å². The third kappa shape index (κ3) is 5.46. The Balaban J connectivity index is 1.47. The molecule has 1 fully saturated rings. The van der Waals surface area contributed by atoms with Gasteiger partial charge in [0.25, 0.3) is 0 Å². The predicted molar refractivity (Wildman–Crippen MR) is 113 cm³/mol. The molecule has 0 aliphatic carbocycles. The molecule has 0 unspecified atom stereocenters. The topological polar surface area (TPSA) is 69.7 Å². The fourth-order valence-corrected chi connectivity index (χ4v) is 5.47. The summed E-state index contributed by atoms with van der Waals surface area (Å²) in [5.74, 6) is -0.0441. The normalized spacial score (nSPS) is 16.2. The van der Waals surface area contributed by atoms with Crippen LogP contribution in [-0.2, 0) is 21.2 Å². The molecule has 152 valence electrons. The first kappa shape index (κ1) is 21.5. The number of piperazine rings is 1. The van der Waals surface area contributed by atoms with Gasteiger partial charge in [0.1, 0.15) is 0 Å². The smallest absolute Gasteiger partial charge is 0.243 e. The monoisotopic (exact) mass is 461 g/mol. The fourth-order valence-electron chi connectivity index (χ4n) is 2.95. The molecule has 0 spiro atoms. The number of hydrogen-bond acceptors (Lipinski definition) is 5. The van der Waals surface area contributed by atoms with E-state index in [9.17, 15) is 13.2 Å². The van der Waals surface area contributed by atoms with Gasteiger partial charge in [-0.1, -0.05) is 29.3 Å². The summed E-state index contributed by atoms with van der Waals surface area (Å²) in [5.41, 5.74) is 0. The van der Waals surface area contributed by atoms with Gasteiger partial charge in [-0.2, -0.15) is 4.31 Å². The summed E-state index contributed by atoms with van der Waals surface area (Å²) in [5, 5.41) is 5.45. The van der Waals surface area contributed by atoms with Crippen molar-refractivity contribution >= 4 is 50.5 Å². The van der Waals surface area contributed by atoms with Gasteiger partial charge >= 0.3 is 0 Å². The van der Waals surface area contributed by atoms with Crippen LogP contribution in [0.3, 0.4) is 0 Å². The Morgan fingerprint density at radius 3 is 2.50 bits per heavy atom. The van der Waals surface area contributed by atoms with Crippen LogP contribution in [0.2, 0.25) is 10.0 Å². The second kappa shape index (κ2) is 9.56. The Hall–Kier alpha value is -1.16. The minimum atomic E-state index is -3.63. The molecule has 1 aliphatic rings. The number of rotatable bonds is 7. The number of nitrogens with one attached hydrogen (secondary N) is 1. The molecular formula is C18H21Cl2N3O3S2. The molecule has 1 saturated heterocycles. The number of thiophene rings is 1. The summed E-state index contributed by atoms with van der Waals surface area (Å²) in [6, 6.07) is 8.34. The van der Waals surface area contributed by atoms with Crippen molar-refractivity contribution in [3.05, 3.63) is 50.6 Å². The summed E-state index contributed by atoms with van der Waals surface area (Å²) >= 11 is 13.5. The number of nitrogens with zero attached hydrogens (tertiary/aromatic N) is 2. The molecule has 1 aromatic heterocycles. The first-order valence-electron chi connectivity index (χ1n) is 8.83. The number of hydrogen-bond donors (Lipinski definition) is 1. The van der Waals surface area contributed by atoms with Crippen LogP contribution in [0.1, 0.15) is 4.88 Å². The van der Waals surface area contributed by atoms with E-state index in [1.165, 1.54) is 27.4 Å². The minimum Gasteiger partial charge on any atom is -0.355 e. The highest BCUT2D eigenvalue weighted by Crippen LogP contribution is 2.27. The Kier molecular flexibility index (Phi) is 7.36. The first-order valence-corrected chi connectivity index (χ1v) is 11.9. The van der Waals surface area contributed by atoms with Crippen LogP contribution in [0, 0.1) is 0 Å². The maximum absolute atomic E-state index is 12.8. The zero-order valence-electron chi connectivity index (χ0n) is 15.1. The first-order chi connectivity index (χ1) is 13.4. The molecule has 1 aromatic carbocycles. The summed E-state index contributed by atoms with van der Waals surface area (Å²) in [6.45, 7) is 2.52. The number of sulfonamides is 1. The van der Waals surface area contributed by atoms with E-state index in [0.29, 0.717) is 37.7 Å². The minimum absolute atomic E-state index is 0.0441. The van der Waals surface area contributed by atoms with Crippen LogP contribution in [0.15, 0.2) is 40.6 Å². The SMILES string of the molecule is O=C(CN1CCN(S(=O)(=O)c2ccc(Cl)c(Cl)c2)CC1)NCCc1cccs1. The van der Waals surface area contributed by atoms with Crippen LogP contribution in [0.5, 0.6) is 0 Å². The van der Waals surface area contributed by atoms with Crippen molar-refractivity contribution in [3.8, 4) is 0 Å². The summed E-state index contributed by atoms with van der Waals surface area (Å²) in [6.07, 6.45) is 0.819. The number of benzene rings is 1. The van der Waals surface area contributed by atoms with Crippen molar-refractivity contribution < 1.29 is 13.2 Å². The Labute approximate surface area is 179 Å². The number of carbonyl (C=O) groups excluding carboxylic acids is 1. The zero-order chi connectivity index (χ0) is 20.1. The lowest BCUT2D eigenvalue weighted by atomic mass is 10.3. The van der Waals surface area contributed by atoms with Gasteiger partial charge < -0.3 is 5.32 Å². The molecule has 0 atom stereocenters. The lowest BCUT2D eigenvalue weighted by Gasteiger charge is -2.33. The highest BCUT2D eigenvalue weighted by atomic mass is 35.5. The van der Waals surface area contributed by atoms with Crippen LogP contribution in [0.4, 0.5) is 0 Å². The fraction of sp³-hybridized carbons (Fsp3) is 0.389. The van der Waals surface area contributed by atoms with E-state index in [1.54, 1.807) is 11.3 Å². The Morgan fingerprint density at radius 2 is 1.86 bits per heavy atom. The molecule has 0 radical (unpaired) electrons. The predicted octanol–water partition coefficient (Wildman–Crippen LogP) is 2.72. The second-order valence-corrected chi connectivity index (χ2v) is 10.2. The highest BCUT2D eigenvalue weighted by Gasteiger charge is 2.29. The summed E-state index contributed by atoms with van der Waals surface area (Å²) in [7, 11) is -3.63. The van der Waals surface area contributed by atoms with Gasteiger partial charge in [-0.25, -0.2) is 8.42 Å². The quantitative estimate of drug-likeness (QED) is 0.687. The van der Waals surface area contributed by atoms with Crippen LogP contribution in [-0.4, -0.2) is 62.8 Å². The molecule has 2 heterocycles. The lowest BCUT2D eigenvalue weighted by Crippen LogP contribution is -2.51. The van der Waals surface area contributed by atoms with E-state index < -0.39 is 10.0 Å². The largest absolute Gasteiger partial charge is 0.355 e. The van der Waals surface area contributed by atoms with Crippen molar-refractivity contribution in [2.24, 2.45) is 0 Å². The number of halogens is 2. The zero-order valence-corrected chi connectivity index (χ0v) is 18.3. The standard InChI is InChI=1S/C18H21Cl2N3O3S2/c19-16-4-3-15(12-17(16)20)28(25,26)23-9-7-22(8-10-23)13-18(24)21-6-5-14-2-1-11-27-14/h1-4,11-12H,5-10,13H2,(H,21,24). The molecule has 6 nitrogen and oxygen atoms in total. The molecule has 10 heteroatoms. The van der Waals surface area contributed by atoms with E-state index in [0.717, 1.165) is 6.42 Å². The molecule has 0 bridgehead atoms. The Bertz CT molecular complexity index is 912. The number of carbonyl (C=O) groups is 1. The van der Waals surface area contributed by atoms with E-state index in [-0.39, 0.29) is 22.4 Å². The Morgan fingerprint density at radius 1 is 1.11 bits per heavy atom. The molecule has 1 amide bonds. The third-order valence-corrected chi connectivity index (χ3v) is 8.07. The molecule has 1 N–H and O–H groups in total. The third-order valence-electron chi connectivity index (χ3n) is 4.50. The molecular weight excluding hydrogens is 441 g/mol. The van der Waals surface area contributed by atoms with Crippen molar-refractivity contribution in [2.75, 3.05) is 39.3 Å². The van der Waals surface area contributed by atoms with E-state index in [2.05, 4.69) is 5.32 Å². The molecule has 1 aliphatic heterocycles. The maximum Gasteiger partial charge on any atom is 0.243 e. The molecule has 0 saturated carbocycles. The molecule has 28 heavy (non-hydrogen) atoms. The van der Waals surface area contributed by atoms with Gasteiger partial charge in [0.05, 0.1) is 21.5 Å². The van der Waals surface area contributed by atoms with Gasteiger partial charge in [0, 0.05) is 37.6 Å². The average molecular weight is 462 g/mol. The van der Waals surface area contributed by atoms with E-state index >= 15 is 0 Å². The van der Waals surface area contributed by atoms with Crippen molar-refractivity contribution in [3.63, 3.8) is 0 Å². The van der Waals surface area contributed by atoms with Gasteiger partial charge in [0.15, 0.2) is 0 Å². The van der Waals surface area contributed by atoms with E-state index in [1.807, 2.05) is 22.4 Å². The summed E-state index contributed by atoms with van der Waals surface area (Å²) in [4.78, 5) is 15.4. The molecule has 2 aromatic rings. The molecule has 3 rings (SSSR count). The van der Waals surface area contributed by atoms with E-state index in [4.69, 9.17) is 23.2 Å². The summed E-state index contributed by atoms with van der Waals surface area (Å²) < 4.78 is 26.9. The van der Waals surface area contributed by atoms with Gasteiger partial charge in [-0.05, 0) is 36.1 Å². The van der Waals surface area contributed by atoms with Gasteiger partial charge in [-0.3, -0.25) is 9.69 Å². The van der Waals surface area contributed by atoms with Crippen molar-refractivity contribution in [1.29, 1.82) is 0 Å². The van der Waals surface area contributed by atoms with Gasteiger partial charge in [0.2, 0.25) is 15.9 Å². The van der Waals surface area contributed by atoms with Crippen LogP contribution in [0.25, 0.3) is 0 Å². The van der Waals surface area contributed by atoms with Crippen molar-refractivity contribution in [2.45, 2.75) is 11.3 Å². The number of amides is 1. The average Bonchev–Trinajstić information content (AvgIpc) is 3.18. The maximum atomic E-state index is 12.8. The van der Waals surface area contributed by atoms with Gasteiger partial charge in [-0.15, -0.1) is 11.3 Å². The highest BCUT2D eigenvalue weighted by molar-refractivity contribution is 7.89. The second-order valence-electron chi connectivity index (χ2n) is 6.44. The van der Waals surface area contributed by atoms with Crippen LogP contribution < -0.4 is 5.32 Å².